The molecule has 0 unspecified atom stereocenters. The maximum atomic E-state index is 10.6. The summed E-state index contributed by atoms with van der Waals surface area (Å²) < 4.78 is 4.41. The Balaban J connectivity index is 3.48. The Bertz CT molecular complexity index is 202. The Hall–Kier alpha value is -0.770. The fourth-order valence-corrected chi connectivity index (χ4v) is 0.879. The van der Waals surface area contributed by atoms with Crippen molar-refractivity contribution in [2.75, 3.05) is 19.0 Å². The van der Waals surface area contributed by atoms with E-state index in [0.29, 0.717) is 6.54 Å². The van der Waals surface area contributed by atoms with Crippen LogP contribution in [-0.2, 0) is 4.74 Å². The smallest absolute Gasteiger partial charge is 0.406 e. The Morgan fingerprint density at radius 3 is 2.92 bits per heavy atom. The number of nitrogens with one attached hydrogen (secondary N) is 1. The lowest BCUT2D eigenvalue weighted by Crippen LogP contribution is -2.24. The molecule has 0 aliphatic heterocycles. The van der Waals surface area contributed by atoms with Gasteiger partial charge < -0.3 is 10.1 Å². The van der Waals surface area contributed by atoms with E-state index in [-0.39, 0.29) is 0 Å². The molecule has 1 amide bonds. The van der Waals surface area contributed by atoms with Crippen LogP contribution in [0.4, 0.5) is 4.79 Å². The van der Waals surface area contributed by atoms with Gasteiger partial charge in [0.2, 0.25) is 0 Å². The van der Waals surface area contributed by atoms with E-state index < -0.39 is 6.09 Å². The first kappa shape index (κ1) is 12.2. The zero-order valence-electron chi connectivity index (χ0n) is 7.68. The van der Waals surface area contributed by atoms with E-state index >= 15 is 0 Å². The third-order valence-electron chi connectivity index (χ3n) is 1.34. The molecule has 0 heterocycles. The molecule has 3 nitrogen and oxygen atoms in total. The van der Waals surface area contributed by atoms with Gasteiger partial charge in [0.05, 0.1) is 7.11 Å². The quantitative estimate of drug-likeness (QED) is 0.598. The summed E-state index contributed by atoms with van der Waals surface area (Å²) in [6.07, 6.45) is 4.21. The zero-order valence-corrected chi connectivity index (χ0v) is 9.26. The molecule has 0 saturated heterocycles. The highest BCUT2D eigenvalue weighted by atomic mass is 79.9. The molecule has 0 aliphatic rings. The minimum atomic E-state index is -0.405. The third kappa shape index (κ3) is 7.59. The Morgan fingerprint density at radius 1 is 1.69 bits per heavy atom. The van der Waals surface area contributed by atoms with Gasteiger partial charge in [-0.15, -0.1) is 0 Å². The second-order valence-electron chi connectivity index (χ2n) is 2.38. The molecule has 0 spiro atoms. The van der Waals surface area contributed by atoms with Crippen LogP contribution in [0.2, 0.25) is 0 Å². The minimum Gasteiger partial charge on any atom is -0.453 e. The number of hydrogen-bond donors (Lipinski definition) is 1. The third-order valence-corrected chi connectivity index (χ3v) is 1.72. The van der Waals surface area contributed by atoms with Crippen molar-refractivity contribution in [3.8, 4) is 0 Å². The summed E-state index contributed by atoms with van der Waals surface area (Å²) in [7, 11) is 1.34. The normalized spacial score (nSPS) is 10.0. The lowest BCUT2D eigenvalue weighted by Gasteiger charge is -2.02. The molecule has 74 valence electrons. The first-order valence-corrected chi connectivity index (χ1v) is 5.05. The van der Waals surface area contributed by atoms with Crippen LogP contribution in [0.3, 0.4) is 0 Å². The topological polar surface area (TPSA) is 38.3 Å². The largest absolute Gasteiger partial charge is 0.453 e. The van der Waals surface area contributed by atoms with Crippen LogP contribution in [0.5, 0.6) is 0 Å². The fraction of sp³-hybridized carbons (Fsp3) is 0.444. The number of carbonyl (C=O) groups excluding carboxylic acids is 1. The molecule has 0 bridgehead atoms. The molecule has 1 N–H and O–H groups in total. The second-order valence-corrected chi connectivity index (χ2v) is 3.03. The lowest BCUT2D eigenvalue weighted by atomic mass is 10.2. The molecule has 0 fully saturated rings. The standard InChI is InChI=1S/C9H14BrNO2/c1-8(4-3-6-10)5-7-11-9(12)13-2/h3-4H,1,5-7H2,2H3,(H,11,12)/b4-3+. The van der Waals surface area contributed by atoms with Crippen molar-refractivity contribution in [2.24, 2.45) is 0 Å². The average Bonchev–Trinajstić information content (AvgIpc) is 2.14. The van der Waals surface area contributed by atoms with Crippen molar-refractivity contribution < 1.29 is 9.53 Å². The number of amides is 1. The molecule has 0 radical (unpaired) electrons. The molecule has 0 aliphatic carbocycles. The van der Waals surface area contributed by atoms with Crippen molar-refractivity contribution in [1.29, 1.82) is 0 Å². The molecule has 0 atom stereocenters. The van der Waals surface area contributed by atoms with Crippen LogP contribution in [0, 0.1) is 0 Å². The fourth-order valence-electron chi connectivity index (χ4n) is 0.692. The molecular formula is C9H14BrNO2. The first-order chi connectivity index (χ1) is 6.20. The van der Waals surface area contributed by atoms with Gasteiger partial charge in [-0.3, -0.25) is 0 Å². The van der Waals surface area contributed by atoms with Gasteiger partial charge in [0, 0.05) is 11.9 Å². The van der Waals surface area contributed by atoms with Crippen LogP contribution in [0.25, 0.3) is 0 Å². The summed E-state index contributed by atoms with van der Waals surface area (Å²) in [6, 6.07) is 0. The summed E-state index contributed by atoms with van der Waals surface area (Å²) in [5, 5.41) is 3.39. The summed E-state index contributed by atoms with van der Waals surface area (Å²) in [4.78, 5) is 10.6. The highest BCUT2D eigenvalue weighted by molar-refractivity contribution is 9.09. The van der Waals surface area contributed by atoms with Crippen LogP contribution in [0.1, 0.15) is 6.42 Å². The van der Waals surface area contributed by atoms with E-state index in [1.165, 1.54) is 7.11 Å². The first-order valence-electron chi connectivity index (χ1n) is 3.92. The lowest BCUT2D eigenvalue weighted by molar-refractivity contribution is 0.171. The Labute approximate surface area is 87.0 Å². The van der Waals surface area contributed by atoms with Gasteiger partial charge in [0.1, 0.15) is 0 Å². The molecule has 4 heteroatoms. The van der Waals surface area contributed by atoms with Crippen LogP contribution in [0.15, 0.2) is 24.3 Å². The molecule has 0 aromatic heterocycles. The number of ether oxygens (including phenoxy) is 1. The number of halogens is 1. The van der Waals surface area contributed by atoms with Gasteiger partial charge >= 0.3 is 6.09 Å². The molecule has 0 saturated carbocycles. The van der Waals surface area contributed by atoms with Gasteiger partial charge in [-0.1, -0.05) is 40.2 Å². The van der Waals surface area contributed by atoms with Crippen molar-refractivity contribution >= 4 is 22.0 Å². The van der Waals surface area contributed by atoms with E-state index in [4.69, 9.17) is 0 Å². The van der Waals surface area contributed by atoms with Crippen molar-refractivity contribution in [2.45, 2.75) is 6.42 Å². The summed E-state index contributed by atoms with van der Waals surface area (Å²) in [5.41, 5.74) is 0.982. The number of alkyl halides is 1. The van der Waals surface area contributed by atoms with Gasteiger partial charge in [0.15, 0.2) is 0 Å². The van der Waals surface area contributed by atoms with Crippen molar-refractivity contribution in [3.05, 3.63) is 24.3 Å². The predicted molar refractivity (Wildman–Crippen MR) is 57.1 cm³/mol. The van der Waals surface area contributed by atoms with Crippen molar-refractivity contribution in [3.63, 3.8) is 0 Å². The Morgan fingerprint density at radius 2 is 2.38 bits per heavy atom. The maximum Gasteiger partial charge on any atom is 0.406 e. The monoisotopic (exact) mass is 247 g/mol. The van der Waals surface area contributed by atoms with E-state index in [0.717, 1.165) is 17.3 Å². The van der Waals surface area contributed by atoms with E-state index in [9.17, 15) is 4.79 Å². The van der Waals surface area contributed by atoms with Gasteiger partial charge in [-0.25, -0.2) is 4.79 Å². The molecule has 13 heavy (non-hydrogen) atoms. The van der Waals surface area contributed by atoms with E-state index in [1.807, 2.05) is 12.2 Å². The minimum absolute atomic E-state index is 0.405. The van der Waals surface area contributed by atoms with Gasteiger partial charge in [-0.05, 0) is 6.42 Å². The average molecular weight is 248 g/mol. The number of allylic oxidation sites excluding steroid dienone is 2. The molecule has 0 rings (SSSR count). The van der Waals surface area contributed by atoms with Gasteiger partial charge in [-0.2, -0.15) is 0 Å². The highest BCUT2D eigenvalue weighted by Crippen LogP contribution is 1.99. The van der Waals surface area contributed by atoms with Crippen LogP contribution in [-0.4, -0.2) is 25.1 Å². The highest BCUT2D eigenvalue weighted by Gasteiger charge is 1.96. The predicted octanol–water partition coefficient (Wildman–Crippen LogP) is 2.24. The maximum absolute atomic E-state index is 10.6. The van der Waals surface area contributed by atoms with Gasteiger partial charge in [0.25, 0.3) is 0 Å². The summed E-state index contributed by atoms with van der Waals surface area (Å²) in [6.45, 7) is 4.37. The number of alkyl carbamates (subject to hydrolysis) is 1. The number of methoxy groups -OCH3 is 1. The zero-order chi connectivity index (χ0) is 10.1. The SMILES string of the molecule is C=C(/C=C/CBr)CCNC(=O)OC. The van der Waals surface area contributed by atoms with Crippen molar-refractivity contribution in [1.82, 2.24) is 5.32 Å². The van der Waals surface area contributed by atoms with E-state index in [2.05, 4.69) is 32.6 Å². The van der Waals surface area contributed by atoms with Crippen LogP contribution < -0.4 is 5.32 Å². The molecule has 0 aromatic carbocycles. The molecular weight excluding hydrogens is 234 g/mol. The number of hydrogen-bond acceptors (Lipinski definition) is 2. The number of rotatable bonds is 5. The van der Waals surface area contributed by atoms with Crippen LogP contribution >= 0.6 is 15.9 Å². The Kier molecular flexibility index (Phi) is 7.39. The molecule has 0 aromatic rings. The van der Waals surface area contributed by atoms with E-state index in [1.54, 1.807) is 0 Å². The summed E-state index contributed by atoms with van der Waals surface area (Å²) in [5.74, 6) is 0. The summed E-state index contributed by atoms with van der Waals surface area (Å²) >= 11 is 3.26. The second kappa shape index (κ2) is 7.86. The number of carbonyl (C=O) groups is 1.